The molecule has 0 unspecified atom stereocenters. The van der Waals surface area contributed by atoms with E-state index in [1.54, 1.807) is 23.0 Å². The number of nitrogens with two attached hydrogens (primary N) is 1. The van der Waals surface area contributed by atoms with E-state index in [1.165, 1.54) is 0 Å². The Morgan fingerprint density at radius 2 is 2.17 bits per heavy atom. The molecule has 4 nitrogen and oxygen atoms in total. The number of rotatable bonds is 6. The van der Waals surface area contributed by atoms with Crippen molar-refractivity contribution in [2.24, 2.45) is 5.73 Å². The van der Waals surface area contributed by atoms with Crippen LogP contribution in [0.4, 0.5) is 0 Å². The number of thiazole rings is 1. The molecule has 0 saturated carbocycles. The smallest absolute Gasteiger partial charge is 0.161 e. The van der Waals surface area contributed by atoms with Gasteiger partial charge in [-0.05, 0) is 24.6 Å². The monoisotopic (exact) mass is 264 g/mol. The first-order chi connectivity index (χ1) is 8.83. The summed E-state index contributed by atoms with van der Waals surface area (Å²) in [5, 5.41) is 0. The summed E-state index contributed by atoms with van der Waals surface area (Å²) in [6.45, 7) is 3.55. The Morgan fingerprint density at radius 1 is 1.28 bits per heavy atom. The van der Waals surface area contributed by atoms with Crippen molar-refractivity contribution >= 4 is 11.3 Å². The predicted molar refractivity (Wildman–Crippen MR) is 71.9 cm³/mol. The summed E-state index contributed by atoms with van der Waals surface area (Å²) in [5.41, 5.74) is 8.44. The van der Waals surface area contributed by atoms with Crippen LogP contribution < -0.4 is 15.2 Å². The summed E-state index contributed by atoms with van der Waals surface area (Å²) in [6, 6.07) is 5.77. The molecule has 2 aromatic rings. The lowest BCUT2D eigenvalue weighted by Gasteiger charge is -2.12. The van der Waals surface area contributed by atoms with E-state index in [0.717, 1.165) is 21.9 Å². The Morgan fingerprint density at radius 3 is 2.83 bits per heavy atom. The van der Waals surface area contributed by atoms with E-state index < -0.39 is 0 Å². The second kappa shape index (κ2) is 6.37. The van der Waals surface area contributed by atoms with Gasteiger partial charge < -0.3 is 15.2 Å². The average Bonchev–Trinajstić information content (AvgIpc) is 2.90. The Hall–Kier alpha value is -1.59. The maximum absolute atomic E-state index is 5.74. The number of nitrogens with zero attached hydrogens (tertiary/aromatic N) is 1. The minimum atomic E-state index is 0.495. The molecule has 0 aliphatic carbocycles. The van der Waals surface area contributed by atoms with Crippen LogP contribution in [-0.4, -0.2) is 11.6 Å². The molecule has 0 amide bonds. The van der Waals surface area contributed by atoms with Gasteiger partial charge in [0, 0.05) is 12.7 Å². The van der Waals surface area contributed by atoms with Gasteiger partial charge in [-0.1, -0.05) is 6.07 Å². The second-order valence-corrected chi connectivity index (χ2v) is 4.65. The van der Waals surface area contributed by atoms with Crippen molar-refractivity contribution in [1.82, 2.24) is 4.98 Å². The van der Waals surface area contributed by atoms with Crippen LogP contribution in [0, 0.1) is 0 Å². The zero-order chi connectivity index (χ0) is 12.8. The van der Waals surface area contributed by atoms with Gasteiger partial charge in [-0.2, -0.15) is 0 Å². The number of aromatic nitrogens is 1. The Labute approximate surface area is 110 Å². The molecule has 2 N–H and O–H groups in total. The van der Waals surface area contributed by atoms with Crippen LogP contribution >= 0.6 is 11.3 Å². The van der Waals surface area contributed by atoms with Crippen LogP contribution in [0.1, 0.15) is 17.4 Å². The van der Waals surface area contributed by atoms with Crippen LogP contribution in [0.2, 0.25) is 0 Å². The van der Waals surface area contributed by atoms with E-state index in [2.05, 4.69) is 4.98 Å². The third-order valence-corrected chi connectivity index (χ3v) is 3.15. The summed E-state index contributed by atoms with van der Waals surface area (Å²) >= 11 is 1.57. The molecule has 0 spiro atoms. The van der Waals surface area contributed by atoms with Crippen LogP contribution in [0.15, 0.2) is 29.9 Å². The third kappa shape index (κ3) is 3.21. The first-order valence-corrected chi connectivity index (χ1v) is 6.67. The molecule has 18 heavy (non-hydrogen) atoms. The molecule has 0 fully saturated rings. The standard InChI is InChI=1S/C13H16N2O2S/c1-2-16-13-5-10(6-14)3-4-12(13)17-8-11-7-15-9-18-11/h3-5,7,9H,2,6,8,14H2,1H3. The van der Waals surface area contributed by atoms with E-state index in [4.69, 9.17) is 15.2 Å². The lowest BCUT2D eigenvalue weighted by molar-refractivity contribution is 0.271. The number of hydrogen-bond donors (Lipinski definition) is 1. The maximum atomic E-state index is 5.74. The minimum Gasteiger partial charge on any atom is -0.490 e. The molecule has 1 aromatic carbocycles. The fraction of sp³-hybridized carbons (Fsp3) is 0.308. The van der Waals surface area contributed by atoms with Crippen molar-refractivity contribution in [3.8, 4) is 11.5 Å². The fourth-order valence-electron chi connectivity index (χ4n) is 1.53. The summed E-state index contributed by atoms with van der Waals surface area (Å²) in [7, 11) is 0. The molecular formula is C13H16N2O2S. The quantitative estimate of drug-likeness (QED) is 0.871. The molecule has 0 saturated heterocycles. The molecule has 0 radical (unpaired) electrons. The van der Waals surface area contributed by atoms with E-state index in [0.29, 0.717) is 19.8 Å². The topological polar surface area (TPSA) is 57.4 Å². The zero-order valence-corrected chi connectivity index (χ0v) is 11.1. The van der Waals surface area contributed by atoms with E-state index >= 15 is 0 Å². The Balaban J connectivity index is 2.10. The van der Waals surface area contributed by atoms with Crippen LogP contribution in [0.5, 0.6) is 11.5 Å². The van der Waals surface area contributed by atoms with E-state index in [1.807, 2.05) is 25.1 Å². The summed E-state index contributed by atoms with van der Waals surface area (Å²) < 4.78 is 11.3. The first-order valence-electron chi connectivity index (χ1n) is 5.79. The first kappa shape index (κ1) is 12.9. The molecule has 0 aliphatic heterocycles. The highest BCUT2D eigenvalue weighted by Gasteiger charge is 2.06. The average molecular weight is 264 g/mol. The van der Waals surface area contributed by atoms with Crippen molar-refractivity contribution in [1.29, 1.82) is 0 Å². The third-order valence-electron chi connectivity index (χ3n) is 2.40. The lowest BCUT2D eigenvalue weighted by atomic mass is 10.2. The summed E-state index contributed by atoms with van der Waals surface area (Å²) in [4.78, 5) is 5.09. The van der Waals surface area contributed by atoms with Gasteiger partial charge in [-0.3, -0.25) is 4.98 Å². The number of benzene rings is 1. The molecular weight excluding hydrogens is 248 g/mol. The summed E-state index contributed by atoms with van der Waals surface area (Å²) in [6.07, 6.45) is 1.80. The van der Waals surface area contributed by atoms with Crippen molar-refractivity contribution < 1.29 is 9.47 Å². The SMILES string of the molecule is CCOc1cc(CN)ccc1OCc1cncs1. The number of hydrogen-bond acceptors (Lipinski definition) is 5. The van der Waals surface area contributed by atoms with E-state index in [-0.39, 0.29) is 0 Å². The van der Waals surface area contributed by atoms with Crippen molar-refractivity contribution in [3.63, 3.8) is 0 Å². The highest BCUT2D eigenvalue weighted by molar-refractivity contribution is 7.09. The maximum Gasteiger partial charge on any atom is 0.161 e. The highest BCUT2D eigenvalue weighted by Crippen LogP contribution is 2.29. The Kier molecular flexibility index (Phi) is 4.55. The van der Waals surface area contributed by atoms with Gasteiger partial charge in [0.05, 0.1) is 17.0 Å². The predicted octanol–water partition coefficient (Wildman–Crippen LogP) is 2.58. The molecule has 2 rings (SSSR count). The van der Waals surface area contributed by atoms with Gasteiger partial charge in [0.1, 0.15) is 6.61 Å². The van der Waals surface area contributed by atoms with Crippen LogP contribution in [0.25, 0.3) is 0 Å². The van der Waals surface area contributed by atoms with Crippen molar-refractivity contribution in [2.75, 3.05) is 6.61 Å². The fourth-order valence-corrected chi connectivity index (χ4v) is 2.04. The highest BCUT2D eigenvalue weighted by atomic mass is 32.1. The van der Waals surface area contributed by atoms with Crippen molar-refractivity contribution in [3.05, 3.63) is 40.3 Å². The van der Waals surface area contributed by atoms with Gasteiger partial charge in [0.2, 0.25) is 0 Å². The second-order valence-electron chi connectivity index (χ2n) is 3.67. The Bertz CT molecular complexity index is 486. The number of ether oxygens (including phenoxy) is 2. The van der Waals surface area contributed by atoms with Gasteiger partial charge in [0.25, 0.3) is 0 Å². The molecule has 0 bridgehead atoms. The largest absolute Gasteiger partial charge is 0.490 e. The molecule has 0 atom stereocenters. The van der Waals surface area contributed by atoms with Gasteiger partial charge >= 0.3 is 0 Å². The van der Waals surface area contributed by atoms with E-state index in [9.17, 15) is 0 Å². The van der Waals surface area contributed by atoms with Crippen LogP contribution in [-0.2, 0) is 13.2 Å². The lowest BCUT2D eigenvalue weighted by Crippen LogP contribution is -2.01. The zero-order valence-electron chi connectivity index (χ0n) is 10.3. The molecule has 5 heteroatoms. The van der Waals surface area contributed by atoms with Gasteiger partial charge in [-0.15, -0.1) is 11.3 Å². The molecule has 1 aromatic heterocycles. The molecule has 96 valence electrons. The normalized spacial score (nSPS) is 10.3. The van der Waals surface area contributed by atoms with Gasteiger partial charge in [-0.25, -0.2) is 0 Å². The van der Waals surface area contributed by atoms with Crippen LogP contribution in [0.3, 0.4) is 0 Å². The summed E-state index contributed by atoms with van der Waals surface area (Å²) in [5.74, 6) is 1.48. The molecule has 0 aliphatic rings. The van der Waals surface area contributed by atoms with Crippen molar-refractivity contribution in [2.45, 2.75) is 20.1 Å². The molecule has 1 heterocycles. The van der Waals surface area contributed by atoms with Gasteiger partial charge in [0.15, 0.2) is 11.5 Å². The minimum absolute atomic E-state index is 0.495.